The van der Waals surface area contributed by atoms with Crippen LogP contribution in [0.4, 0.5) is 15.8 Å². The molecule has 0 atom stereocenters. The normalized spacial score (nSPS) is 11.3. The average molecular weight is 394 g/mol. The van der Waals surface area contributed by atoms with Gasteiger partial charge in [-0.3, -0.25) is 19.2 Å². The number of nitro benzene ring substituents is 1. The number of hydrogen-bond acceptors (Lipinski definition) is 6. The van der Waals surface area contributed by atoms with E-state index in [1.807, 2.05) is 0 Å². The molecule has 0 aliphatic carbocycles. The molecular weight excluding hydrogens is 379 g/mol. The topological polar surface area (TPSA) is 122 Å². The second kappa shape index (κ2) is 8.36. The number of sulfonamides is 1. The molecule has 9 nitrogen and oxygen atoms in total. The first kappa shape index (κ1) is 20.0. The molecule has 0 radical (unpaired) electrons. The number of amides is 1. The number of benzene rings is 2. The minimum atomic E-state index is -3.80. The number of non-ortho nitro benzene ring substituents is 1. The molecule has 0 aromatic heterocycles. The molecule has 0 heterocycles. The highest BCUT2D eigenvalue weighted by molar-refractivity contribution is 7.92. The Bertz CT molecular complexity index is 977. The van der Waals surface area contributed by atoms with E-state index >= 15 is 0 Å². The molecule has 2 rings (SSSR count). The lowest BCUT2D eigenvalue weighted by molar-refractivity contribution is -0.384. The Balaban J connectivity index is 2.07. The first-order valence-corrected chi connectivity index (χ1v) is 9.31. The fraction of sp³-hybridized carbons (Fsp3) is 0.125. The zero-order valence-electron chi connectivity index (χ0n) is 14.1. The van der Waals surface area contributed by atoms with Crippen molar-refractivity contribution in [2.45, 2.75) is 0 Å². The zero-order valence-corrected chi connectivity index (χ0v) is 14.9. The van der Waals surface area contributed by atoms with Crippen LogP contribution in [0.25, 0.3) is 0 Å². The smallest absolute Gasteiger partial charge is 0.270 e. The van der Waals surface area contributed by atoms with Crippen molar-refractivity contribution in [3.8, 4) is 0 Å². The predicted molar refractivity (Wildman–Crippen MR) is 97.4 cm³/mol. The highest BCUT2D eigenvalue weighted by Gasteiger charge is 2.20. The minimum absolute atomic E-state index is 0.122. The largest absolute Gasteiger partial charge is 0.271 e. The van der Waals surface area contributed by atoms with E-state index in [4.69, 9.17) is 0 Å². The molecule has 0 saturated carbocycles. The third-order valence-corrected chi connectivity index (χ3v) is 4.43. The Morgan fingerprint density at radius 2 is 1.96 bits per heavy atom. The summed E-state index contributed by atoms with van der Waals surface area (Å²) < 4.78 is 37.6. The summed E-state index contributed by atoms with van der Waals surface area (Å²) in [5, 5.41) is 14.4. The highest BCUT2D eigenvalue weighted by Crippen LogP contribution is 2.17. The molecule has 2 aromatic carbocycles. The number of halogens is 1. The van der Waals surface area contributed by atoms with Crippen molar-refractivity contribution in [3.63, 3.8) is 0 Å². The van der Waals surface area contributed by atoms with Crippen LogP contribution in [0.2, 0.25) is 0 Å². The second-order valence-electron chi connectivity index (χ2n) is 5.39. The van der Waals surface area contributed by atoms with Gasteiger partial charge in [0.25, 0.3) is 11.6 Å². The summed E-state index contributed by atoms with van der Waals surface area (Å²) >= 11 is 0. The van der Waals surface area contributed by atoms with E-state index < -0.39 is 33.2 Å². The van der Waals surface area contributed by atoms with Gasteiger partial charge in [0.05, 0.1) is 23.1 Å². The number of rotatable bonds is 7. The van der Waals surface area contributed by atoms with Crippen LogP contribution in [-0.4, -0.2) is 38.3 Å². The van der Waals surface area contributed by atoms with Gasteiger partial charge in [-0.25, -0.2) is 18.2 Å². The van der Waals surface area contributed by atoms with Crippen LogP contribution in [0.15, 0.2) is 53.6 Å². The van der Waals surface area contributed by atoms with Crippen molar-refractivity contribution in [1.82, 2.24) is 5.43 Å². The van der Waals surface area contributed by atoms with Gasteiger partial charge in [-0.05, 0) is 24.3 Å². The van der Waals surface area contributed by atoms with Crippen LogP contribution < -0.4 is 9.73 Å². The molecule has 11 heteroatoms. The summed E-state index contributed by atoms with van der Waals surface area (Å²) in [5.41, 5.74) is 2.51. The quantitative estimate of drug-likeness (QED) is 0.435. The van der Waals surface area contributed by atoms with Gasteiger partial charge < -0.3 is 0 Å². The van der Waals surface area contributed by atoms with E-state index in [-0.39, 0.29) is 11.4 Å². The van der Waals surface area contributed by atoms with E-state index in [9.17, 15) is 27.7 Å². The summed E-state index contributed by atoms with van der Waals surface area (Å²) in [4.78, 5) is 22.1. The van der Waals surface area contributed by atoms with Crippen LogP contribution >= 0.6 is 0 Å². The van der Waals surface area contributed by atoms with Gasteiger partial charge in [-0.1, -0.05) is 12.1 Å². The molecule has 27 heavy (non-hydrogen) atoms. The fourth-order valence-electron chi connectivity index (χ4n) is 2.07. The van der Waals surface area contributed by atoms with Crippen molar-refractivity contribution in [3.05, 3.63) is 70.0 Å². The minimum Gasteiger partial charge on any atom is -0.271 e. The molecule has 0 aliphatic heterocycles. The highest BCUT2D eigenvalue weighted by atomic mass is 32.2. The van der Waals surface area contributed by atoms with E-state index in [1.165, 1.54) is 36.5 Å². The molecule has 0 bridgehead atoms. The van der Waals surface area contributed by atoms with E-state index in [1.54, 1.807) is 6.07 Å². The lowest BCUT2D eigenvalue weighted by Crippen LogP contribution is -2.39. The summed E-state index contributed by atoms with van der Waals surface area (Å²) in [6.45, 7) is -0.573. The molecular formula is C16H15FN4O5S. The molecule has 0 spiro atoms. The molecule has 2 aromatic rings. The van der Waals surface area contributed by atoms with Gasteiger partial charge in [0.15, 0.2) is 0 Å². The molecule has 0 aliphatic rings. The van der Waals surface area contributed by atoms with Gasteiger partial charge >= 0.3 is 0 Å². The number of carbonyl (C=O) groups excluding carboxylic acids is 1. The SMILES string of the molecule is CS(=O)(=O)N(CC(=O)N/N=C\c1cccc([N+](=O)[O-])c1)c1ccc(F)cc1. The summed E-state index contributed by atoms with van der Waals surface area (Å²) in [6.07, 6.45) is 2.10. The number of anilines is 1. The Labute approximate surface area is 154 Å². The van der Waals surface area contributed by atoms with Gasteiger partial charge in [-0.2, -0.15) is 5.10 Å². The lowest BCUT2D eigenvalue weighted by Gasteiger charge is -2.21. The Morgan fingerprint density at radius 3 is 2.56 bits per heavy atom. The van der Waals surface area contributed by atoms with Crippen LogP contribution in [0.1, 0.15) is 5.56 Å². The summed E-state index contributed by atoms with van der Waals surface area (Å²) in [6, 6.07) is 10.2. The number of hydrogen-bond donors (Lipinski definition) is 1. The van der Waals surface area contributed by atoms with Crippen LogP contribution in [0.3, 0.4) is 0 Å². The van der Waals surface area contributed by atoms with Crippen molar-refractivity contribution in [2.24, 2.45) is 5.10 Å². The fourth-order valence-corrected chi connectivity index (χ4v) is 2.93. The maximum atomic E-state index is 13.0. The number of nitrogens with zero attached hydrogens (tertiary/aromatic N) is 3. The number of carbonyl (C=O) groups is 1. The van der Waals surface area contributed by atoms with Crippen LogP contribution in [-0.2, 0) is 14.8 Å². The van der Waals surface area contributed by atoms with E-state index in [2.05, 4.69) is 10.5 Å². The third kappa shape index (κ3) is 5.85. The van der Waals surface area contributed by atoms with Crippen LogP contribution in [0, 0.1) is 15.9 Å². The maximum absolute atomic E-state index is 13.0. The monoisotopic (exact) mass is 394 g/mol. The first-order chi connectivity index (χ1) is 12.7. The van der Waals surface area contributed by atoms with Crippen molar-refractivity contribution < 1.29 is 22.5 Å². The third-order valence-electron chi connectivity index (χ3n) is 3.29. The van der Waals surface area contributed by atoms with Gasteiger partial charge in [0, 0.05) is 17.7 Å². The van der Waals surface area contributed by atoms with E-state index in [0.717, 1.165) is 22.7 Å². The standard InChI is InChI=1S/C16H15FN4O5S/c1-27(25,26)20(14-7-5-13(17)6-8-14)11-16(22)19-18-10-12-3-2-4-15(9-12)21(23)24/h2-10H,11H2,1H3,(H,19,22)/b18-10-. The van der Waals surface area contributed by atoms with Gasteiger partial charge in [0.1, 0.15) is 12.4 Å². The predicted octanol–water partition coefficient (Wildman–Crippen LogP) is 1.65. The van der Waals surface area contributed by atoms with Gasteiger partial charge in [-0.15, -0.1) is 0 Å². The average Bonchev–Trinajstić information content (AvgIpc) is 2.60. The molecule has 142 valence electrons. The summed E-state index contributed by atoms with van der Waals surface area (Å²) in [5.74, 6) is -1.29. The molecule has 0 fully saturated rings. The van der Waals surface area contributed by atoms with Crippen molar-refractivity contribution in [1.29, 1.82) is 0 Å². The Hall–Kier alpha value is -3.34. The van der Waals surface area contributed by atoms with Gasteiger partial charge in [0.2, 0.25) is 10.0 Å². The number of hydrazone groups is 1. The molecule has 0 saturated heterocycles. The molecule has 1 N–H and O–H groups in total. The summed E-state index contributed by atoms with van der Waals surface area (Å²) in [7, 11) is -3.80. The van der Waals surface area contributed by atoms with E-state index in [0.29, 0.717) is 5.56 Å². The molecule has 1 amide bonds. The lowest BCUT2D eigenvalue weighted by atomic mass is 10.2. The van der Waals surface area contributed by atoms with Crippen LogP contribution in [0.5, 0.6) is 0 Å². The number of nitrogens with one attached hydrogen (secondary N) is 1. The zero-order chi connectivity index (χ0) is 20.0. The maximum Gasteiger partial charge on any atom is 0.270 e. The Kier molecular flexibility index (Phi) is 6.19. The van der Waals surface area contributed by atoms with Crippen molar-refractivity contribution >= 4 is 33.5 Å². The van der Waals surface area contributed by atoms with Crippen molar-refractivity contribution in [2.75, 3.05) is 17.1 Å². The number of nitro groups is 1. The molecule has 0 unspecified atom stereocenters. The second-order valence-corrected chi connectivity index (χ2v) is 7.30. The first-order valence-electron chi connectivity index (χ1n) is 7.46. The Morgan fingerprint density at radius 1 is 1.30 bits per heavy atom.